The number of nitrogens with zero attached hydrogens (tertiary/aromatic N) is 3. The molecule has 0 unspecified atom stereocenters. The zero-order chi connectivity index (χ0) is 13.1. The molecule has 0 aliphatic rings. The van der Waals surface area contributed by atoms with Crippen LogP contribution in [-0.4, -0.2) is 21.3 Å². The van der Waals surface area contributed by atoms with Crippen molar-refractivity contribution in [1.82, 2.24) is 20.1 Å². The number of hydrogen-bond acceptors (Lipinski definition) is 3. The van der Waals surface area contributed by atoms with Crippen LogP contribution in [0.15, 0.2) is 48.8 Å². The van der Waals surface area contributed by atoms with E-state index >= 15 is 0 Å². The van der Waals surface area contributed by atoms with Crippen LogP contribution in [0, 0.1) is 0 Å². The Kier molecular flexibility index (Phi) is 3.25. The molecule has 3 rings (SSSR count). The SMILES string of the molecule is CCNCc1cc(-n2cccn2)c2ccccc2n1. The average Bonchev–Trinajstić information content (AvgIpc) is 2.98. The van der Waals surface area contributed by atoms with E-state index < -0.39 is 0 Å². The maximum Gasteiger partial charge on any atom is 0.0758 e. The monoisotopic (exact) mass is 252 g/mol. The molecule has 2 aromatic heterocycles. The van der Waals surface area contributed by atoms with Gasteiger partial charge in [-0.15, -0.1) is 0 Å². The Morgan fingerprint density at radius 3 is 2.89 bits per heavy atom. The van der Waals surface area contributed by atoms with E-state index in [9.17, 15) is 0 Å². The summed E-state index contributed by atoms with van der Waals surface area (Å²) in [4.78, 5) is 4.68. The topological polar surface area (TPSA) is 42.7 Å². The first-order valence-electron chi connectivity index (χ1n) is 6.48. The molecule has 0 amide bonds. The molecule has 4 nitrogen and oxygen atoms in total. The summed E-state index contributed by atoms with van der Waals surface area (Å²) in [5.41, 5.74) is 3.11. The van der Waals surface area contributed by atoms with Crippen LogP contribution in [0.4, 0.5) is 0 Å². The summed E-state index contributed by atoms with van der Waals surface area (Å²) < 4.78 is 1.89. The highest BCUT2D eigenvalue weighted by molar-refractivity contribution is 5.87. The van der Waals surface area contributed by atoms with Gasteiger partial charge < -0.3 is 5.32 Å². The second-order valence-corrected chi connectivity index (χ2v) is 4.38. The lowest BCUT2D eigenvalue weighted by Gasteiger charge is -2.10. The fourth-order valence-corrected chi connectivity index (χ4v) is 2.15. The molecule has 1 aromatic carbocycles. The van der Waals surface area contributed by atoms with Gasteiger partial charge >= 0.3 is 0 Å². The van der Waals surface area contributed by atoms with E-state index in [-0.39, 0.29) is 0 Å². The Bertz CT molecular complexity index is 674. The van der Waals surface area contributed by atoms with Crippen LogP contribution in [0.25, 0.3) is 16.6 Å². The summed E-state index contributed by atoms with van der Waals surface area (Å²) in [6.07, 6.45) is 3.75. The maximum atomic E-state index is 4.68. The first-order valence-corrected chi connectivity index (χ1v) is 6.48. The number of aromatic nitrogens is 3. The van der Waals surface area contributed by atoms with Crippen LogP contribution in [0.5, 0.6) is 0 Å². The van der Waals surface area contributed by atoms with Gasteiger partial charge in [0.25, 0.3) is 0 Å². The first kappa shape index (κ1) is 11.9. The predicted molar refractivity (Wildman–Crippen MR) is 76.2 cm³/mol. The highest BCUT2D eigenvalue weighted by atomic mass is 15.3. The van der Waals surface area contributed by atoms with Crippen molar-refractivity contribution >= 4 is 10.9 Å². The van der Waals surface area contributed by atoms with Crippen LogP contribution in [0.3, 0.4) is 0 Å². The molecule has 0 aliphatic heterocycles. The van der Waals surface area contributed by atoms with Crippen LogP contribution in [-0.2, 0) is 6.54 Å². The zero-order valence-corrected chi connectivity index (χ0v) is 10.9. The third-order valence-electron chi connectivity index (χ3n) is 3.05. The first-order chi connectivity index (χ1) is 9.38. The molecule has 1 N–H and O–H groups in total. The van der Waals surface area contributed by atoms with Crippen molar-refractivity contribution in [1.29, 1.82) is 0 Å². The van der Waals surface area contributed by atoms with Crippen molar-refractivity contribution < 1.29 is 0 Å². The van der Waals surface area contributed by atoms with Gasteiger partial charge in [0.05, 0.1) is 16.9 Å². The lowest BCUT2D eigenvalue weighted by atomic mass is 10.1. The number of benzene rings is 1. The predicted octanol–water partition coefficient (Wildman–Crippen LogP) is 2.53. The van der Waals surface area contributed by atoms with Gasteiger partial charge in [0.1, 0.15) is 0 Å². The number of rotatable bonds is 4. The second-order valence-electron chi connectivity index (χ2n) is 4.38. The van der Waals surface area contributed by atoms with E-state index in [4.69, 9.17) is 0 Å². The van der Waals surface area contributed by atoms with Crippen LogP contribution >= 0.6 is 0 Å². The molecule has 96 valence electrons. The normalized spacial score (nSPS) is 11.0. The minimum absolute atomic E-state index is 0.773. The summed E-state index contributed by atoms with van der Waals surface area (Å²) in [5.74, 6) is 0. The minimum atomic E-state index is 0.773. The quantitative estimate of drug-likeness (QED) is 0.776. The third kappa shape index (κ3) is 2.35. The molecule has 0 fully saturated rings. The van der Waals surface area contributed by atoms with E-state index in [2.05, 4.69) is 34.5 Å². The van der Waals surface area contributed by atoms with Crippen molar-refractivity contribution in [3.8, 4) is 5.69 Å². The Labute approximate surface area is 112 Å². The Morgan fingerprint density at radius 2 is 2.11 bits per heavy atom. The van der Waals surface area contributed by atoms with Crippen molar-refractivity contribution in [3.63, 3.8) is 0 Å². The standard InChI is InChI=1S/C15H16N4/c1-2-16-11-12-10-15(19-9-5-8-17-19)13-6-3-4-7-14(13)18-12/h3-10,16H,2,11H2,1H3. The van der Waals surface area contributed by atoms with Gasteiger partial charge in [-0.2, -0.15) is 5.10 Å². The number of para-hydroxylation sites is 1. The van der Waals surface area contributed by atoms with E-state index in [1.807, 2.05) is 35.1 Å². The molecule has 3 aromatic rings. The molecule has 0 saturated heterocycles. The van der Waals surface area contributed by atoms with Crippen LogP contribution < -0.4 is 5.32 Å². The Morgan fingerprint density at radius 1 is 1.21 bits per heavy atom. The van der Waals surface area contributed by atoms with Gasteiger partial charge in [-0.3, -0.25) is 4.98 Å². The molecule has 0 saturated carbocycles. The zero-order valence-electron chi connectivity index (χ0n) is 10.9. The molecule has 0 aliphatic carbocycles. The Balaban J connectivity index is 2.17. The van der Waals surface area contributed by atoms with E-state index in [1.54, 1.807) is 6.20 Å². The lowest BCUT2D eigenvalue weighted by molar-refractivity contribution is 0.711. The largest absolute Gasteiger partial charge is 0.311 e. The second kappa shape index (κ2) is 5.20. The van der Waals surface area contributed by atoms with Crippen molar-refractivity contribution in [2.75, 3.05) is 6.54 Å². The van der Waals surface area contributed by atoms with Gasteiger partial charge in [-0.25, -0.2) is 4.68 Å². The molecule has 0 radical (unpaired) electrons. The average molecular weight is 252 g/mol. The van der Waals surface area contributed by atoms with E-state index in [1.165, 1.54) is 0 Å². The van der Waals surface area contributed by atoms with Gasteiger partial charge in [0, 0.05) is 24.3 Å². The van der Waals surface area contributed by atoms with Crippen molar-refractivity contribution in [3.05, 3.63) is 54.5 Å². The molecule has 0 spiro atoms. The third-order valence-corrected chi connectivity index (χ3v) is 3.05. The van der Waals surface area contributed by atoms with Crippen molar-refractivity contribution in [2.45, 2.75) is 13.5 Å². The van der Waals surface area contributed by atoms with Gasteiger partial charge in [0.2, 0.25) is 0 Å². The van der Waals surface area contributed by atoms with Gasteiger partial charge in [-0.05, 0) is 24.7 Å². The summed E-state index contributed by atoms with van der Waals surface area (Å²) in [6.45, 7) is 3.80. The summed E-state index contributed by atoms with van der Waals surface area (Å²) in [6, 6.07) is 12.2. The smallest absolute Gasteiger partial charge is 0.0758 e. The summed E-state index contributed by atoms with van der Waals surface area (Å²) in [5, 5.41) is 8.75. The highest BCUT2D eigenvalue weighted by Crippen LogP contribution is 2.21. The fourth-order valence-electron chi connectivity index (χ4n) is 2.15. The number of hydrogen-bond donors (Lipinski definition) is 1. The summed E-state index contributed by atoms with van der Waals surface area (Å²) in [7, 11) is 0. The van der Waals surface area contributed by atoms with Crippen molar-refractivity contribution in [2.24, 2.45) is 0 Å². The van der Waals surface area contributed by atoms with Gasteiger partial charge in [-0.1, -0.05) is 25.1 Å². The number of fused-ring (bicyclic) bond motifs is 1. The number of pyridine rings is 1. The molecular formula is C15H16N4. The molecular weight excluding hydrogens is 236 g/mol. The highest BCUT2D eigenvalue weighted by Gasteiger charge is 2.07. The molecule has 4 heteroatoms. The van der Waals surface area contributed by atoms with E-state index in [0.717, 1.165) is 35.4 Å². The number of nitrogens with one attached hydrogen (secondary N) is 1. The fraction of sp³-hybridized carbons (Fsp3) is 0.200. The van der Waals surface area contributed by atoms with Crippen LogP contribution in [0.2, 0.25) is 0 Å². The molecule has 0 atom stereocenters. The lowest BCUT2D eigenvalue weighted by Crippen LogP contribution is -2.13. The Hall–Kier alpha value is -2.20. The maximum absolute atomic E-state index is 4.68. The molecule has 19 heavy (non-hydrogen) atoms. The summed E-state index contributed by atoms with van der Waals surface area (Å²) >= 11 is 0. The molecule has 2 heterocycles. The van der Waals surface area contributed by atoms with Gasteiger partial charge in [0.15, 0.2) is 0 Å². The molecule has 0 bridgehead atoms. The van der Waals surface area contributed by atoms with Crippen LogP contribution in [0.1, 0.15) is 12.6 Å². The minimum Gasteiger partial charge on any atom is -0.311 e. The van der Waals surface area contributed by atoms with E-state index in [0.29, 0.717) is 0 Å².